The normalized spacial score (nSPS) is 17.2. The van der Waals surface area contributed by atoms with E-state index in [9.17, 15) is 18.8 Å². The van der Waals surface area contributed by atoms with Crippen molar-refractivity contribution in [2.24, 2.45) is 5.92 Å². The molecule has 0 spiro atoms. The van der Waals surface area contributed by atoms with Crippen LogP contribution in [0.25, 0.3) is 0 Å². The Bertz CT molecular complexity index is 1060. The standard InChI is InChI=1S/C23H24FN3O5/c1-14-2-3-15(10-18(14)24)22(29)25-6-7-26-23(30)16-11-21(28)27(13-16)17-4-5-19-20(12-17)32-9-8-31-19/h2-5,10,12,16H,6-9,11,13H2,1H3,(H,25,29)(H,26,30). The predicted octanol–water partition coefficient (Wildman–Crippen LogP) is 1.80. The molecule has 1 atom stereocenters. The number of rotatable bonds is 6. The molecule has 32 heavy (non-hydrogen) atoms. The molecule has 2 aromatic carbocycles. The van der Waals surface area contributed by atoms with Crippen LogP contribution in [0.15, 0.2) is 36.4 Å². The first-order valence-corrected chi connectivity index (χ1v) is 10.4. The van der Waals surface area contributed by atoms with E-state index in [-0.39, 0.29) is 43.4 Å². The van der Waals surface area contributed by atoms with Crippen LogP contribution in [0.3, 0.4) is 0 Å². The number of ether oxygens (including phenoxy) is 2. The number of anilines is 1. The molecule has 4 rings (SSSR count). The zero-order valence-electron chi connectivity index (χ0n) is 17.7. The average molecular weight is 441 g/mol. The summed E-state index contributed by atoms with van der Waals surface area (Å²) in [5, 5.41) is 5.38. The van der Waals surface area contributed by atoms with E-state index in [1.807, 2.05) is 0 Å². The molecule has 0 radical (unpaired) electrons. The Morgan fingerprint density at radius 1 is 1.06 bits per heavy atom. The van der Waals surface area contributed by atoms with Crippen LogP contribution in [0.5, 0.6) is 11.5 Å². The van der Waals surface area contributed by atoms with Gasteiger partial charge in [-0.15, -0.1) is 0 Å². The highest BCUT2D eigenvalue weighted by molar-refractivity contribution is 6.00. The van der Waals surface area contributed by atoms with Crippen LogP contribution in [-0.2, 0) is 9.59 Å². The number of fused-ring (bicyclic) bond motifs is 1. The second kappa shape index (κ2) is 9.25. The Hall–Kier alpha value is -3.62. The summed E-state index contributed by atoms with van der Waals surface area (Å²) in [6.45, 7) is 3.21. The van der Waals surface area contributed by atoms with E-state index in [1.165, 1.54) is 12.1 Å². The smallest absolute Gasteiger partial charge is 0.251 e. The monoisotopic (exact) mass is 441 g/mol. The highest BCUT2D eigenvalue weighted by Gasteiger charge is 2.35. The zero-order chi connectivity index (χ0) is 22.7. The van der Waals surface area contributed by atoms with Gasteiger partial charge in [-0.05, 0) is 36.8 Å². The molecule has 9 heteroatoms. The second-order valence-electron chi connectivity index (χ2n) is 7.74. The van der Waals surface area contributed by atoms with Gasteiger partial charge < -0.3 is 25.0 Å². The average Bonchev–Trinajstić information content (AvgIpc) is 3.19. The minimum atomic E-state index is -0.488. The first-order chi connectivity index (χ1) is 15.4. The summed E-state index contributed by atoms with van der Waals surface area (Å²) >= 11 is 0. The first-order valence-electron chi connectivity index (χ1n) is 10.4. The quantitative estimate of drug-likeness (QED) is 0.667. The number of amides is 3. The molecular weight excluding hydrogens is 417 g/mol. The van der Waals surface area contributed by atoms with Gasteiger partial charge >= 0.3 is 0 Å². The van der Waals surface area contributed by atoms with Crippen molar-refractivity contribution in [3.8, 4) is 11.5 Å². The molecular formula is C23H24FN3O5. The summed E-state index contributed by atoms with van der Waals surface area (Å²) in [7, 11) is 0. The first kappa shape index (κ1) is 21.6. The maximum atomic E-state index is 13.6. The van der Waals surface area contributed by atoms with Gasteiger partial charge in [-0.3, -0.25) is 14.4 Å². The fourth-order valence-corrected chi connectivity index (χ4v) is 3.67. The molecule has 3 amide bonds. The van der Waals surface area contributed by atoms with Gasteiger partial charge in [-0.2, -0.15) is 0 Å². The van der Waals surface area contributed by atoms with Crippen molar-refractivity contribution in [3.63, 3.8) is 0 Å². The summed E-state index contributed by atoms with van der Waals surface area (Å²) in [6, 6.07) is 9.54. The van der Waals surface area contributed by atoms with Crippen molar-refractivity contribution in [2.45, 2.75) is 13.3 Å². The lowest BCUT2D eigenvalue weighted by molar-refractivity contribution is -0.126. The molecule has 1 fully saturated rings. The number of nitrogens with zero attached hydrogens (tertiary/aromatic N) is 1. The van der Waals surface area contributed by atoms with E-state index >= 15 is 0 Å². The van der Waals surface area contributed by atoms with Crippen LogP contribution in [0.4, 0.5) is 10.1 Å². The highest BCUT2D eigenvalue weighted by atomic mass is 19.1. The molecule has 2 heterocycles. The molecule has 2 N–H and O–H groups in total. The minimum absolute atomic E-state index is 0.106. The van der Waals surface area contributed by atoms with E-state index in [2.05, 4.69) is 10.6 Å². The van der Waals surface area contributed by atoms with Gasteiger partial charge in [0.25, 0.3) is 5.91 Å². The Balaban J connectivity index is 1.26. The molecule has 1 saturated heterocycles. The maximum absolute atomic E-state index is 13.6. The predicted molar refractivity (Wildman–Crippen MR) is 114 cm³/mol. The minimum Gasteiger partial charge on any atom is -0.486 e. The number of carbonyl (C=O) groups excluding carboxylic acids is 3. The SMILES string of the molecule is Cc1ccc(C(=O)NCCNC(=O)C2CC(=O)N(c3ccc4c(c3)OCCO4)C2)cc1F. The van der Waals surface area contributed by atoms with E-state index in [0.29, 0.717) is 36.0 Å². The summed E-state index contributed by atoms with van der Waals surface area (Å²) < 4.78 is 24.7. The zero-order valence-corrected chi connectivity index (χ0v) is 17.7. The van der Waals surface area contributed by atoms with Crippen molar-refractivity contribution in [3.05, 3.63) is 53.3 Å². The summed E-state index contributed by atoms with van der Waals surface area (Å²) in [5.41, 5.74) is 1.34. The number of hydrogen-bond donors (Lipinski definition) is 2. The molecule has 0 bridgehead atoms. The third kappa shape index (κ3) is 4.66. The number of aryl methyl sites for hydroxylation is 1. The molecule has 1 unspecified atom stereocenters. The van der Waals surface area contributed by atoms with Crippen molar-refractivity contribution in [2.75, 3.05) is 37.7 Å². The van der Waals surface area contributed by atoms with Gasteiger partial charge in [-0.25, -0.2) is 4.39 Å². The Labute approximate surface area is 184 Å². The van der Waals surface area contributed by atoms with Crippen molar-refractivity contribution < 1.29 is 28.2 Å². The lowest BCUT2D eigenvalue weighted by atomic mass is 10.1. The van der Waals surface area contributed by atoms with Crippen molar-refractivity contribution in [1.29, 1.82) is 0 Å². The number of carbonyl (C=O) groups is 3. The summed E-state index contributed by atoms with van der Waals surface area (Å²) in [6.07, 6.45) is 0.106. The molecule has 0 saturated carbocycles. The van der Waals surface area contributed by atoms with Gasteiger partial charge in [0.15, 0.2) is 11.5 Å². The van der Waals surface area contributed by atoms with E-state index < -0.39 is 17.6 Å². The highest BCUT2D eigenvalue weighted by Crippen LogP contribution is 2.35. The van der Waals surface area contributed by atoms with E-state index in [4.69, 9.17) is 9.47 Å². The van der Waals surface area contributed by atoms with E-state index in [0.717, 1.165) is 0 Å². The Kier molecular flexibility index (Phi) is 6.25. The fourth-order valence-electron chi connectivity index (χ4n) is 3.67. The number of halogens is 1. The van der Waals surface area contributed by atoms with Gasteiger partial charge in [0.05, 0.1) is 5.92 Å². The third-order valence-corrected chi connectivity index (χ3v) is 5.48. The molecule has 0 aliphatic carbocycles. The second-order valence-corrected chi connectivity index (χ2v) is 7.74. The maximum Gasteiger partial charge on any atom is 0.251 e. The third-order valence-electron chi connectivity index (χ3n) is 5.48. The number of hydrogen-bond acceptors (Lipinski definition) is 5. The molecule has 2 aliphatic rings. The van der Waals surface area contributed by atoms with Crippen LogP contribution in [0.1, 0.15) is 22.3 Å². The molecule has 2 aromatic rings. The van der Waals surface area contributed by atoms with Gasteiger partial charge in [0.2, 0.25) is 11.8 Å². The number of benzene rings is 2. The van der Waals surface area contributed by atoms with Crippen LogP contribution in [0, 0.1) is 18.7 Å². The van der Waals surface area contributed by atoms with Crippen LogP contribution >= 0.6 is 0 Å². The lowest BCUT2D eigenvalue weighted by Gasteiger charge is -2.22. The molecule has 0 aromatic heterocycles. The lowest BCUT2D eigenvalue weighted by Crippen LogP contribution is -2.38. The van der Waals surface area contributed by atoms with Crippen LogP contribution < -0.4 is 25.0 Å². The fraction of sp³-hybridized carbons (Fsp3) is 0.348. The summed E-state index contributed by atoms with van der Waals surface area (Å²) in [4.78, 5) is 38.6. The van der Waals surface area contributed by atoms with Crippen molar-refractivity contribution in [1.82, 2.24) is 10.6 Å². The van der Waals surface area contributed by atoms with Gasteiger partial charge in [0, 0.05) is 43.4 Å². The Morgan fingerprint density at radius 3 is 2.59 bits per heavy atom. The summed E-state index contributed by atoms with van der Waals surface area (Å²) in [5.74, 6) is -0.531. The largest absolute Gasteiger partial charge is 0.486 e. The van der Waals surface area contributed by atoms with E-state index in [1.54, 1.807) is 36.1 Å². The van der Waals surface area contributed by atoms with Crippen LogP contribution in [0.2, 0.25) is 0 Å². The Morgan fingerprint density at radius 2 is 1.81 bits per heavy atom. The van der Waals surface area contributed by atoms with Gasteiger partial charge in [-0.1, -0.05) is 6.07 Å². The molecule has 8 nitrogen and oxygen atoms in total. The topological polar surface area (TPSA) is 97.0 Å². The van der Waals surface area contributed by atoms with Gasteiger partial charge in [0.1, 0.15) is 19.0 Å². The van der Waals surface area contributed by atoms with Crippen molar-refractivity contribution >= 4 is 23.4 Å². The number of nitrogens with one attached hydrogen (secondary N) is 2. The van der Waals surface area contributed by atoms with Crippen LogP contribution in [-0.4, -0.2) is 50.6 Å². The molecule has 168 valence electrons. The molecule has 2 aliphatic heterocycles.